The molecule has 2 aromatic heterocycles. The Bertz CT molecular complexity index is 3070. The molecule has 2 amide bonds. The smallest absolute Gasteiger partial charge is 0.408 e. The van der Waals surface area contributed by atoms with Crippen molar-refractivity contribution in [1.29, 1.82) is 0 Å². The van der Waals surface area contributed by atoms with E-state index in [1.807, 2.05) is 45.6 Å². The maximum Gasteiger partial charge on any atom is 0.408 e. The number of aromatic nitrogens is 2. The van der Waals surface area contributed by atoms with Gasteiger partial charge in [0.2, 0.25) is 0 Å². The molecule has 14 nitrogen and oxygen atoms in total. The summed E-state index contributed by atoms with van der Waals surface area (Å²) in [7, 11) is 0. The number of carbonyl (C=O) groups excluding carboxylic acids is 3. The molecule has 3 atom stereocenters. The van der Waals surface area contributed by atoms with Crippen LogP contribution in [0.4, 0.5) is 9.18 Å². The van der Waals surface area contributed by atoms with Crippen LogP contribution in [0.15, 0.2) is 59.5 Å². The average molecular weight is 955 g/mol. The van der Waals surface area contributed by atoms with Gasteiger partial charge in [0.25, 0.3) is 11.5 Å². The number of hydrogen-bond acceptors (Lipinski definition) is 11. The highest BCUT2D eigenvalue weighted by molar-refractivity contribution is 5.97. The summed E-state index contributed by atoms with van der Waals surface area (Å²) in [6, 6.07) is 12.6. The van der Waals surface area contributed by atoms with Crippen molar-refractivity contribution in [2.24, 2.45) is 0 Å². The van der Waals surface area contributed by atoms with E-state index in [4.69, 9.17) is 14.5 Å². The summed E-state index contributed by atoms with van der Waals surface area (Å²) in [5, 5.41) is 25.7. The third kappa shape index (κ3) is 8.19. The first-order valence-electron chi connectivity index (χ1n) is 24.6. The quantitative estimate of drug-likeness (QED) is 0.119. The number of hydrogen-bond donors (Lipinski definition) is 3. The number of ether oxygens (including phenoxy) is 2. The average Bonchev–Trinajstić information content (AvgIpc) is 3.94. The first-order chi connectivity index (χ1) is 33.4. The van der Waals surface area contributed by atoms with Gasteiger partial charge in [-0.2, -0.15) is 0 Å². The number of rotatable bonds is 9. The highest BCUT2D eigenvalue weighted by Crippen LogP contribution is 2.46. The zero-order chi connectivity index (χ0) is 50.1. The number of nitrogens with one attached hydrogen (secondary N) is 1. The van der Waals surface area contributed by atoms with Crippen LogP contribution in [-0.4, -0.2) is 84.7 Å². The molecule has 5 aliphatic rings. The Hall–Kier alpha value is -6.58. The van der Waals surface area contributed by atoms with Gasteiger partial charge in [0.15, 0.2) is 5.60 Å². The van der Waals surface area contributed by atoms with Gasteiger partial charge in [-0.3, -0.25) is 14.5 Å². The van der Waals surface area contributed by atoms with Crippen molar-refractivity contribution in [3.05, 3.63) is 138 Å². The monoisotopic (exact) mass is 954 g/mol. The number of alkyl carbamates (subject to hydrolysis) is 1. The van der Waals surface area contributed by atoms with E-state index in [0.717, 1.165) is 51.9 Å². The Labute approximate surface area is 407 Å². The Balaban J connectivity index is 0.00000300. The maximum atomic E-state index is 15.4. The molecule has 3 aromatic carbocycles. The molecular weight excluding hydrogens is 892 g/mol. The fourth-order valence-corrected chi connectivity index (χ4v) is 11.1. The summed E-state index contributed by atoms with van der Waals surface area (Å²) in [4.78, 5) is 65.6. The molecule has 1 aliphatic carbocycles. The molecule has 0 saturated carbocycles. The zero-order valence-electron chi connectivity index (χ0n) is 41.4. The second kappa shape index (κ2) is 18.6. The highest BCUT2D eigenvalue weighted by atomic mass is 19.1. The van der Waals surface area contributed by atoms with Crippen LogP contribution in [0.3, 0.4) is 0 Å². The van der Waals surface area contributed by atoms with Gasteiger partial charge in [0.05, 0.1) is 35.1 Å². The van der Waals surface area contributed by atoms with E-state index in [2.05, 4.69) is 46.8 Å². The van der Waals surface area contributed by atoms with Crippen LogP contribution in [0.1, 0.15) is 138 Å². The Morgan fingerprint density at radius 1 is 1.01 bits per heavy atom. The van der Waals surface area contributed by atoms with Gasteiger partial charge < -0.3 is 39.4 Å². The number of nitrogens with zero attached hydrogens (tertiary/aromatic N) is 5. The number of pyridine rings is 2. The van der Waals surface area contributed by atoms with E-state index in [1.165, 1.54) is 11.6 Å². The molecule has 1 fully saturated rings. The number of cyclic esters (lactones) is 1. The number of amides is 2. The largest absolute Gasteiger partial charge is 0.508 e. The Morgan fingerprint density at radius 3 is 2.50 bits per heavy atom. The van der Waals surface area contributed by atoms with Gasteiger partial charge in [0, 0.05) is 79.2 Å². The van der Waals surface area contributed by atoms with Crippen molar-refractivity contribution >= 4 is 28.9 Å². The van der Waals surface area contributed by atoms with Crippen LogP contribution in [-0.2, 0) is 59.1 Å². The molecule has 10 rings (SSSR count). The number of phenols is 1. The number of aryl methyl sites for hydroxylation is 2. The van der Waals surface area contributed by atoms with Crippen LogP contribution in [0, 0.1) is 19.7 Å². The highest BCUT2D eigenvalue weighted by Gasteiger charge is 2.46. The molecular formula is C55H63FN6O8. The van der Waals surface area contributed by atoms with E-state index in [9.17, 15) is 29.4 Å². The molecule has 5 aromatic rings. The molecule has 6 heterocycles. The maximum absolute atomic E-state index is 15.4. The number of aliphatic hydroxyl groups is 1. The van der Waals surface area contributed by atoms with Crippen molar-refractivity contribution in [2.75, 3.05) is 26.2 Å². The van der Waals surface area contributed by atoms with Gasteiger partial charge in [-0.25, -0.2) is 19.0 Å². The van der Waals surface area contributed by atoms with Crippen molar-refractivity contribution in [2.45, 2.75) is 131 Å². The number of fused-ring (bicyclic) bond motifs is 6. The van der Waals surface area contributed by atoms with Crippen molar-refractivity contribution in [1.82, 2.24) is 29.6 Å². The van der Waals surface area contributed by atoms with Crippen molar-refractivity contribution < 1.29 is 38.5 Å². The topological polar surface area (TPSA) is 167 Å². The zero-order valence-corrected chi connectivity index (χ0v) is 41.4. The molecule has 1 unspecified atom stereocenters. The third-order valence-corrected chi connectivity index (χ3v) is 15.1. The van der Waals surface area contributed by atoms with Crippen LogP contribution in [0.5, 0.6) is 5.75 Å². The van der Waals surface area contributed by atoms with Gasteiger partial charge in [-0.05, 0) is 109 Å². The minimum Gasteiger partial charge on any atom is -0.508 e. The molecule has 1 saturated heterocycles. The molecule has 4 aliphatic heterocycles. The molecule has 15 heteroatoms. The Morgan fingerprint density at radius 2 is 1.77 bits per heavy atom. The van der Waals surface area contributed by atoms with E-state index < -0.39 is 35.1 Å². The fourth-order valence-electron chi connectivity index (χ4n) is 11.1. The first-order valence-corrected chi connectivity index (χ1v) is 24.6. The second-order valence-corrected chi connectivity index (χ2v) is 19.6. The lowest BCUT2D eigenvalue weighted by atomic mass is 9.81. The molecule has 3 N–H and O–H groups in total. The summed E-state index contributed by atoms with van der Waals surface area (Å²) in [6.45, 7) is 23.5. The third-order valence-electron chi connectivity index (χ3n) is 15.1. The van der Waals surface area contributed by atoms with Gasteiger partial charge in [-0.15, -0.1) is 0 Å². The predicted molar refractivity (Wildman–Crippen MR) is 264 cm³/mol. The lowest BCUT2D eigenvalue weighted by Gasteiger charge is -2.41. The number of halogens is 1. The molecule has 0 spiro atoms. The normalized spacial score (nSPS) is 20.0. The number of benzene rings is 3. The van der Waals surface area contributed by atoms with Gasteiger partial charge in [0.1, 0.15) is 24.8 Å². The standard InChI is InChI=1S/C53H57FN6O8.C2H6/c1-8-53(66)40-18-44-48-38(24-60(44)50(63)39(40)26-67-51(53)64)47-42(12-11-35-31(7)41(54)19-43(55-48)46(35)47)56-52(65)68-25-30(6)57-13-14-58(29(5)20-57)21-32-9-10-33-22-59(23-34(33)16-32)49(62)37-17-36(27(2)3)45(61)15-28(37)4;1-2/h9-10,15-19,27,29,42,61,66H,6,8,11-14,20-26H2,1-5,7H3,(H,56,65);1-2H3/t29-,42?,53-;/m0./s1. The summed E-state index contributed by atoms with van der Waals surface area (Å²) in [5.41, 5.74) is 8.24. The number of esters is 1. The summed E-state index contributed by atoms with van der Waals surface area (Å²) in [6.07, 6.45) is 0.310. The summed E-state index contributed by atoms with van der Waals surface area (Å²) in [5.74, 6) is -0.943. The van der Waals surface area contributed by atoms with E-state index in [0.29, 0.717) is 78.3 Å². The lowest BCUT2D eigenvalue weighted by molar-refractivity contribution is -0.172. The molecule has 0 bridgehead atoms. The predicted octanol–water partition coefficient (Wildman–Crippen LogP) is 8.28. The minimum atomic E-state index is -2.00. The van der Waals surface area contributed by atoms with Crippen molar-refractivity contribution in [3.63, 3.8) is 0 Å². The summed E-state index contributed by atoms with van der Waals surface area (Å²) < 4.78 is 28.1. The van der Waals surface area contributed by atoms with E-state index in [-0.39, 0.29) is 60.9 Å². The number of piperazine rings is 1. The second-order valence-electron chi connectivity index (χ2n) is 19.6. The lowest BCUT2D eigenvalue weighted by Crippen LogP contribution is -2.51. The molecule has 368 valence electrons. The van der Waals surface area contributed by atoms with Gasteiger partial charge >= 0.3 is 12.1 Å². The fraction of sp³-hybridized carbons (Fsp3) is 0.436. The Kier molecular flexibility index (Phi) is 12.9. The number of aromatic hydroxyl groups is 1. The molecule has 70 heavy (non-hydrogen) atoms. The summed E-state index contributed by atoms with van der Waals surface area (Å²) >= 11 is 0. The van der Waals surface area contributed by atoms with Crippen LogP contribution in [0.2, 0.25) is 0 Å². The first kappa shape index (κ1) is 48.4. The SMILES string of the molecule is C=C(COC(=O)NC1CCc2c(C)c(F)cc3nc4c(c1c23)Cn1c-4cc2c(c1=O)COC(=O)[C@]2(O)CC)N1CCN(Cc2ccc3c(c2)CN(C(=O)c2cc(C(C)C)c(O)cc2C)C3)[C@@H](C)C1.CC. The number of phenolic OH excluding ortho intramolecular Hbond substituents is 1. The van der Waals surface area contributed by atoms with E-state index in [1.54, 1.807) is 30.5 Å². The van der Waals surface area contributed by atoms with E-state index >= 15 is 4.39 Å². The van der Waals surface area contributed by atoms with Crippen LogP contribution in [0.25, 0.3) is 22.3 Å². The minimum absolute atomic E-state index is 0.00000245. The van der Waals surface area contributed by atoms with Crippen LogP contribution < -0.4 is 10.9 Å². The van der Waals surface area contributed by atoms with Gasteiger partial charge in [-0.1, -0.05) is 59.4 Å². The van der Waals surface area contributed by atoms with Crippen molar-refractivity contribution in [3.8, 4) is 17.1 Å². The molecule has 0 radical (unpaired) electrons. The van der Waals surface area contributed by atoms with Crippen LogP contribution >= 0.6 is 0 Å². The number of carbonyl (C=O) groups is 3.